The number of ether oxygens (including phenoxy) is 1. The van der Waals surface area contributed by atoms with Crippen molar-refractivity contribution in [1.29, 1.82) is 0 Å². The summed E-state index contributed by atoms with van der Waals surface area (Å²) in [7, 11) is 1.30. The van der Waals surface area contributed by atoms with Gasteiger partial charge in [-0.3, -0.25) is 4.79 Å². The van der Waals surface area contributed by atoms with E-state index in [4.69, 9.17) is 17.3 Å². The van der Waals surface area contributed by atoms with Crippen LogP contribution in [0.1, 0.15) is 10.4 Å². The molecule has 0 heterocycles. The minimum absolute atomic E-state index is 0.0185. The number of carbonyl (C=O) groups excluding carboxylic acids is 1. The summed E-state index contributed by atoms with van der Waals surface area (Å²) in [6.07, 6.45) is 0. The number of nitrogens with two attached hydrogens (primary N) is 1. The van der Waals surface area contributed by atoms with E-state index in [1.165, 1.54) is 13.2 Å². The van der Waals surface area contributed by atoms with E-state index in [1.54, 1.807) is 0 Å². The van der Waals surface area contributed by atoms with Crippen LogP contribution < -0.4 is 10.5 Å². The molecule has 3 nitrogen and oxygen atoms in total. The van der Waals surface area contributed by atoms with Crippen molar-refractivity contribution in [2.75, 3.05) is 7.11 Å². The van der Waals surface area contributed by atoms with Crippen molar-refractivity contribution in [2.24, 2.45) is 5.73 Å². The molecule has 5 heteroatoms. The second-order valence-electron chi connectivity index (χ2n) is 2.33. The van der Waals surface area contributed by atoms with Gasteiger partial charge in [0.05, 0.1) is 17.7 Å². The van der Waals surface area contributed by atoms with E-state index in [1.807, 2.05) is 0 Å². The van der Waals surface area contributed by atoms with Gasteiger partial charge < -0.3 is 10.5 Å². The fraction of sp³-hybridized carbons (Fsp3) is 0.125. The Balaban J connectivity index is 3.28. The van der Waals surface area contributed by atoms with E-state index in [9.17, 15) is 9.18 Å². The minimum atomic E-state index is -0.772. The van der Waals surface area contributed by atoms with Gasteiger partial charge in [-0.25, -0.2) is 4.39 Å². The lowest BCUT2D eigenvalue weighted by molar-refractivity contribution is 0.1000. The molecule has 0 unspecified atom stereocenters. The first-order valence-corrected chi connectivity index (χ1v) is 3.77. The highest BCUT2D eigenvalue weighted by molar-refractivity contribution is 6.33. The number of hydrogen-bond donors (Lipinski definition) is 1. The van der Waals surface area contributed by atoms with E-state index in [2.05, 4.69) is 4.74 Å². The third-order valence-corrected chi connectivity index (χ3v) is 1.82. The molecule has 70 valence electrons. The Morgan fingerprint density at radius 2 is 2.23 bits per heavy atom. The largest absolute Gasteiger partial charge is 0.494 e. The van der Waals surface area contributed by atoms with Gasteiger partial charge >= 0.3 is 0 Å². The lowest BCUT2D eigenvalue weighted by Gasteiger charge is -2.04. The number of hydrogen-bond acceptors (Lipinski definition) is 2. The van der Waals surface area contributed by atoms with Crippen molar-refractivity contribution >= 4 is 17.5 Å². The molecule has 0 saturated heterocycles. The van der Waals surface area contributed by atoms with Crippen molar-refractivity contribution in [3.63, 3.8) is 0 Å². The molecule has 1 rings (SSSR count). The molecule has 0 aliphatic heterocycles. The highest BCUT2D eigenvalue weighted by Gasteiger charge is 2.12. The zero-order valence-corrected chi connectivity index (χ0v) is 7.56. The van der Waals surface area contributed by atoms with Gasteiger partial charge in [0.1, 0.15) is 0 Å². The molecular formula is C8H7ClFNO2. The molecule has 0 aromatic heterocycles. The van der Waals surface area contributed by atoms with Crippen LogP contribution in [0.5, 0.6) is 5.75 Å². The first-order chi connectivity index (χ1) is 6.06. The number of methoxy groups -OCH3 is 1. The lowest BCUT2D eigenvalue weighted by Crippen LogP contribution is -2.12. The number of amides is 1. The molecule has 1 aromatic carbocycles. The summed E-state index contributed by atoms with van der Waals surface area (Å²) in [4.78, 5) is 10.7. The molecule has 1 aromatic rings. The monoisotopic (exact) mass is 203 g/mol. The van der Waals surface area contributed by atoms with Crippen LogP contribution in [-0.4, -0.2) is 13.0 Å². The van der Waals surface area contributed by atoms with Gasteiger partial charge in [-0.1, -0.05) is 11.6 Å². The SMILES string of the molecule is COc1cc(Cl)c(C(N)=O)cc1F. The highest BCUT2D eigenvalue weighted by Crippen LogP contribution is 2.25. The van der Waals surface area contributed by atoms with Gasteiger partial charge in [0.25, 0.3) is 0 Å². The smallest absolute Gasteiger partial charge is 0.250 e. The molecule has 0 fully saturated rings. The summed E-state index contributed by atoms with van der Waals surface area (Å²) >= 11 is 5.63. The van der Waals surface area contributed by atoms with Crippen LogP contribution in [0, 0.1) is 5.82 Å². The number of rotatable bonds is 2. The Hall–Kier alpha value is -1.29. The third kappa shape index (κ3) is 1.89. The summed E-state index contributed by atoms with van der Waals surface area (Å²) in [6, 6.07) is 2.15. The number of carbonyl (C=O) groups is 1. The fourth-order valence-corrected chi connectivity index (χ4v) is 1.12. The van der Waals surface area contributed by atoms with Crippen LogP contribution in [0.4, 0.5) is 4.39 Å². The molecule has 13 heavy (non-hydrogen) atoms. The second kappa shape index (κ2) is 3.62. The summed E-state index contributed by atoms with van der Waals surface area (Å²) in [5.74, 6) is -1.46. The molecule has 0 aliphatic rings. The Morgan fingerprint density at radius 1 is 1.62 bits per heavy atom. The molecule has 0 atom stereocenters. The van der Waals surface area contributed by atoms with Gasteiger partial charge in [-0.2, -0.15) is 0 Å². The van der Waals surface area contributed by atoms with Crippen LogP contribution in [0.3, 0.4) is 0 Å². The molecule has 0 aliphatic carbocycles. The minimum Gasteiger partial charge on any atom is -0.494 e. The van der Waals surface area contributed by atoms with Gasteiger partial charge in [0.2, 0.25) is 5.91 Å². The van der Waals surface area contributed by atoms with E-state index in [-0.39, 0.29) is 16.3 Å². The number of benzene rings is 1. The topological polar surface area (TPSA) is 52.3 Å². The van der Waals surface area contributed by atoms with Gasteiger partial charge in [-0.15, -0.1) is 0 Å². The predicted molar refractivity (Wildman–Crippen MR) is 46.5 cm³/mol. The van der Waals surface area contributed by atoms with Crippen molar-refractivity contribution in [3.05, 3.63) is 28.5 Å². The average Bonchev–Trinajstić information content (AvgIpc) is 2.07. The average molecular weight is 204 g/mol. The molecular weight excluding hydrogens is 197 g/mol. The maximum absolute atomic E-state index is 13.0. The van der Waals surface area contributed by atoms with Crippen LogP contribution in [0.2, 0.25) is 5.02 Å². The lowest BCUT2D eigenvalue weighted by atomic mass is 10.2. The van der Waals surface area contributed by atoms with E-state index >= 15 is 0 Å². The van der Waals surface area contributed by atoms with Crippen molar-refractivity contribution in [2.45, 2.75) is 0 Å². The Labute approximate surface area is 79.2 Å². The number of halogens is 2. The van der Waals surface area contributed by atoms with Crippen LogP contribution in [-0.2, 0) is 0 Å². The first kappa shape index (κ1) is 9.80. The summed E-state index contributed by atoms with van der Waals surface area (Å²) in [5, 5.41) is 0.0748. The fourth-order valence-electron chi connectivity index (χ4n) is 0.874. The van der Waals surface area contributed by atoms with E-state index in [0.717, 1.165) is 6.07 Å². The van der Waals surface area contributed by atoms with Crippen LogP contribution in [0.25, 0.3) is 0 Å². The maximum Gasteiger partial charge on any atom is 0.250 e. The standard InChI is InChI=1S/C8H7ClFNO2/c1-13-7-3-5(9)4(8(11)12)2-6(7)10/h2-3H,1H3,(H2,11,12). The Morgan fingerprint density at radius 3 is 2.69 bits per heavy atom. The zero-order valence-electron chi connectivity index (χ0n) is 6.80. The maximum atomic E-state index is 13.0. The van der Waals surface area contributed by atoms with Crippen molar-refractivity contribution < 1.29 is 13.9 Å². The van der Waals surface area contributed by atoms with Crippen molar-refractivity contribution in [1.82, 2.24) is 0 Å². The molecule has 0 saturated carbocycles. The molecule has 0 bridgehead atoms. The van der Waals surface area contributed by atoms with Gasteiger partial charge in [0, 0.05) is 6.07 Å². The zero-order chi connectivity index (χ0) is 10.0. The van der Waals surface area contributed by atoms with Gasteiger partial charge in [0.15, 0.2) is 11.6 Å². The molecule has 0 radical (unpaired) electrons. The summed E-state index contributed by atoms with van der Waals surface area (Å²) in [6.45, 7) is 0. The summed E-state index contributed by atoms with van der Waals surface area (Å²) in [5.41, 5.74) is 4.89. The van der Waals surface area contributed by atoms with E-state index in [0.29, 0.717) is 0 Å². The Kier molecular flexibility index (Phi) is 2.72. The number of primary amides is 1. The molecule has 2 N–H and O–H groups in total. The molecule has 0 spiro atoms. The quantitative estimate of drug-likeness (QED) is 0.794. The third-order valence-electron chi connectivity index (χ3n) is 1.51. The van der Waals surface area contributed by atoms with Gasteiger partial charge in [-0.05, 0) is 6.07 Å². The molecule has 1 amide bonds. The van der Waals surface area contributed by atoms with Crippen molar-refractivity contribution in [3.8, 4) is 5.75 Å². The van der Waals surface area contributed by atoms with E-state index < -0.39 is 11.7 Å². The van der Waals surface area contributed by atoms with Crippen LogP contribution in [0.15, 0.2) is 12.1 Å². The Bertz CT molecular complexity index is 354. The first-order valence-electron chi connectivity index (χ1n) is 3.39. The highest BCUT2D eigenvalue weighted by atomic mass is 35.5. The second-order valence-corrected chi connectivity index (χ2v) is 2.74. The predicted octanol–water partition coefficient (Wildman–Crippen LogP) is 1.59. The summed E-state index contributed by atoms with van der Waals surface area (Å²) < 4.78 is 17.6. The van der Waals surface area contributed by atoms with Crippen LogP contribution >= 0.6 is 11.6 Å². The normalized spacial score (nSPS) is 9.77.